The number of amides is 1. The van der Waals surface area contributed by atoms with Gasteiger partial charge < -0.3 is 20.3 Å². The number of aliphatic imine (C=N–C) groups is 1. The van der Waals surface area contributed by atoms with E-state index in [2.05, 4.69) is 36.4 Å². The molecule has 23 heavy (non-hydrogen) atoms. The van der Waals surface area contributed by atoms with Crippen LogP contribution in [0.5, 0.6) is 0 Å². The first kappa shape index (κ1) is 24.7. The summed E-state index contributed by atoms with van der Waals surface area (Å²) in [6.45, 7) is 13.2. The average Bonchev–Trinajstić information content (AvgIpc) is 2.30. The van der Waals surface area contributed by atoms with E-state index in [0.29, 0.717) is 12.5 Å². The minimum Gasteiger partial charge on any atom is -0.379 e. The molecule has 0 aromatic heterocycles. The second-order valence-corrected chi connectivity index (χ2v) is 7.67. The zero-order valence-electron chi connectivity index (χ0n) is 16.1. The second kappa shape index (κ2) is 10.3. The number of hydrogen-bond donors (Lipinski definition) is 2. The largest absolute Gasteiger partial charge is 0.379 e. The third-order valence-electron chi connectivity index (χ3n) is 3.16. The number of carbonyl (C=O) groups is 1. The zero-order chi connectivity index (χ0) is 17.6. The highest BCUT2D eigenvalue weighted by molar-refractivity contribution is 14.0. The molecule has 0 aromatic carbocycles. The molecule has 0 aromatic rings. The van der Waals surface area contributed by atoms with Crippen molar-refractivity contribution >= 4 is 35.8 Å². The van der Waals surface area contributed by atoms with Crippen LogP contribution in [0.2, 0.25) is 0 Å². The van der Waals surface area contributed by atoms with E-state index in [9.17, 15) is 4.79 Å². The molecule has 0 bridgehead atoms. The lowest BCUT2D eigenvalue weighted by Crippen LogP contribution is -2.50. The fourth-order valence-electron chi connectivity index (χ4n) is 2.06. The van der Waals surface area contributed by atoms with Crippen molar-refractivity contribution in [3.63, 3.8) is 0 Å². The predicted molar refractivity (Wildman–Crippen MR) is 108 cm³/mol. The van der Waals surface area contributed by atoms with Crippen LogP contribution in [0.25, 0.3) is 0 Å². The van der Waals surface area contributed by atoms with Gasteiger partial charge in [-0.2, -0.15) is 0 Å². The van der Waals surface area contributed by atoms with Crippen molar-refractivity contribution in [2.24, 2.45) is 10.4 Å². The fourth-order valence-corrected chi connectivity index (χ4v) is 2.06. The maximum absolute atomic E-state index is 12.0. The molecule has 0 saturated carbocycles. The molecule has 2 N–H and O–H groups in total. The number of nitrogens with one attached hydrogen (secondary N) is 2. The smallest absolute Gasteiger partial charge is 0.240 e. The monoisotopic (exact) mass is 442 g/mol. The van der Waals surface area contributed by atoms with Crippen LogP contribution >= 0.6 is 24.0 Å². The first-order valence-electron chi connectivity index (χ1n) is 7.66. The van der Waals surface area contributed by atoms with Gasteiger partial charge in [0.15, 0.2) is 5.96 Å². The lowest BCUT2D eigenvalue weighted by Gasteiger charge is -2.31. The molecule has 0 rings (SSSR count). The van der Waals surface area contributed by atoms with Crippen molar-refractivity contribution in [1.29, 1.82) is 0 Å². The van der Waals surface area contributed by atoms with Gasteiger partial charge in [-0.25, -0.2) is 0 Å². The van der Waals surface area contributed by atoms with Gasteiger partial charge >= 0.3 is 0 Å². The van der Waals surface area contributed by atoms with Crippen molar-refractivity contribution in [2.75, 3.05) is 34.3 Å². The van der Waals surface area contributed by atoms with Crippen LogP contribution in [0.3, 0.4) is 0 Å². The lowest BCUT2D eigenvalue weighted by atomic mass is 9.89. The molecule has 6 nitrogen and oxygen atoms in total. The number of hydrogen-bond acceptors (Lipinski definition) is 3. The molecule has 0 saturated heterocycles. The Morgan fingerprint density at radius 1 is 1.22 bits per heavy atom. The summed E-state index contributed by atoms with van der Waals surface area (Å²) in [7, 11) is 5.26. The Bertz CT molecular complexity index is 387. The van der Waals surface area contributed by atoms with Gasteiger partial charge in [0.05, 0.1) is 12.6 Å². The van der Waals surface area contributed by atoms with Crippen LogP contribution in [0.4, 0.5) is 0 Å². The molecule has 0 aliphatic carbocycles. The number of ether oxygens (including phenoxy) is 1. The average molecular weight is 442 g/mol. The molecule has 0 spiro atoms. The number of guanidine groups is 1. The number of likely N-dealkylation sites (N-methyl/N-ethyl adjacent to an activating group) is 1. The van der Waals surface area contributed by atoms with Gasteiger partial charge in [-0.05, 0) is 26.2 Å². The molecule has 138 valence electrons. The third-order valence-corrected chi connectivity index (χ3v) is 3.16. The Balaban J connectivity index is 0. The maximum atomic E-state index is 12.0. The summed E-state index contributed by atoms with van der Waals surface area (Å²) < 4.78 is 5.52. The molecule has 7 heteroatoms. The quantitative estimate of drug-likeness (QED) is 0.389. The zero-order valence-corrected chi connectivity index (χ0v) is 18.4. The molecule has 0 fully saturated rings. The van der Waals surface area contributed by atoms with E-state index in [0.717, 1.165) is 0 Å². The fraction of sp³-hybridized carbons (Fsp3) is 0.875. The van der Waals surface area contributed by atoms with E-state index in [1.807, 2.05) is 27.8 Å². The van der Waals surface area contributed by atoms with Crippen molar-refractivity contribution in [3.8, 4) is 0 Å². The maximum Gasteiger partial charge on any atom is 0.240 e. The number of nitrogens with zero attached hydrogens (tertiary/aromatic N) is 2. The van der Waals surface area contributed by atoms with Crippen LogP contribution in [0, 0.1) is 5.41 Å². The summed E-state index contributed by atoms with van der Waals surface area (Å²) in [5, 5.41) is 6.21. The molecular formula is C16H35IN4O2. The van der Waals surface area contributed by atoms with Crippen molar-refractivity contribution < 1.29 is 9.53 Å². The Kier molecular flexibility index (Phi) is 11.1. The minimum atomic E-state index is -0.234. The number of halogens is 1. The molecule has 1 unspecified atom stereocenters. The second-order valence-electron chi connectivity index (χ2n) is 7.67. The summed E-state index contributed by atoms with van der Waals surface area (Å²) in [6, 6.07) is 0. The molecule has 1 amide bonds. The van der Waals surface area contributed by atoms with Gasteiger partial charge in [-0.15, -0.1) is 24.0 Å². The van der Waals surface area contributed by atoms with Crippen molar-refractivity contribution in [1.82, 2.24) is 15.5 Å². The minimum absolute atomic E-state index is 0. The SMILES string of the molecule is CN=C(NCC(OC)C(C)(C)C)N(C)CC(=O)NC(C)(C)C.I. The first-order valence-corrected chi connectivity index (χ1v) is 7.66. The first-order chi connectivity index (χ1) is 9.90. The Morgan fingerprint density at radius 3 is 2.09 bits per heavy atom. The summed E-state index contributed by atoms with van der Waals surface area (Å²) in [5.41, 5.74) is -0.203. The highest BCUT2D eigenvalue weighted by Gasteiger charge is 2.25. The van der Waals surface area contributed by atoms with Gasteiger partial charge in [0.1, 0.15) is 0 Å². The van der Waals surface area contributed by atoms with Crippen LogP contribution in [0.15, 0.2) is 4.99 Å². The van der Waals surface area contributed by atoms with Gasteiger partial charge in [0, 0.05) is 33.3 Å². The molecule has 1 atom stereocenters. The van der Waals surface area contributed by atoms with E-state index in [1.54, 1.807) is 19.1 Å². The van der Waals surface area contributed by atoms with E-state index in [4.69, 9.17) is 4.74 Å². The van der Waals surface area contributed by atoms with E-state index in [1.165, 1.54) is 0 Å². The topological polar surface area (TPSA) is 66.0 Å². The lowest BCUT2D eigenvalue weighted by molar-refractivity contribution is -0.122. The third kappa shape index (κ3) is 10.8. The summed E-state index contributed by atoms with van der Waals surface area (Å²) >= 11 is 0. The Labute approximate surface area is 158 Å². The standard InChI is InChI=1S/C16H34N4O2.HI/c1-15(2,3)12(22-9)10-18-14(17-7)20(8)11-13(21)19-16(4,5)6;/h12H,10-11H2,1-9H3,(H,17,18)(H,19,21);1H. The van der Waals surface area contributed by atoms with Gasteiger partial charge in [-0.1, -0.05) is 20.8 Å². The number of rotatable bonds is 5. The summed E-state index contributed by atoms with van der Waals surface area (Å²) in [5.74, 6) is 0.646. The van der Waals surface area contributed by atoms with Crippen LogP contribution in [-0.4, -0.2) is 62.7 Å². The van der Waals surface area contributed by atoms with Crippen molar-refractivity contribution in [3.05, 3.63) is 0 Å². The Morgan fingerprint density at radius 2 is 1.74 bits per heavy atom. The number of methoxy groups -OCH3 is 1. The van der Waals surface area contributed by atoms with Crippen molar-refractivity contribution in [2.45, 2.75) is 53.2 Å². The summed E-state index contributed by atoms with van der Waals surface area (Å²) in [6.07, 6.45) is 0.0565. The highest BCUT2D eigenvalue weighted by atomic mass is 127. The van der Waals surface area contributed by atoms with Gasteiger partial charge in [0.2, 0.25) is 5.91 Å². The predicted octanol–water partition coefficient (Wildman–Crippen LogP) is 2.09. The van der Waals surface area contributed by atoms with E-state index in [-0.39, 0.29) is 53.5 Å². The van der Waals surface area contributed by atoms with Crippen LogP contribution in [0.1, 0.15) is 41.5 Å². The molecular weight excluding hydrogens is 407 g/mol. The normalized spacial score (nSPS) is 13.9. The number of carbonyl (C=O) groups excluding carboxylic acids is 1. The molecule has 0 heterocycles. The molecule has 0 aliphatic heterocycles. The van der Waals surface area contributed by atoms with Gasteiger partial charge in [-0.3, -0.25) is 9.79 Å². The van der Waals surface area contributed by atoms with E-state index >= 15 is 0 Å². The van der Waals surface area contributed by atoms with Crippen LogP contribution in [-0.2, 0) is 9.53 Å². The molecule has 0 aliphatic rings. The molecule has 0 radical (unpaired) electrons. The van der Waals surface area contributed by atoms with Gasteiger partial charge in [0.25, 0.3) is 0 Å². The Hall–Kier alpha value is -0.570. The highest BCUT2D eigenvalue weighted by Crippen LogP contribution is 2.20. The van der Waals surface area contributed by atoms with E-state index < -0.39 is 0 Å². The van der Waals surface area contributed by atoms with Crippen LogP contribution < -0.4 is 10.6 Å². The summed E-state index contributed by atoms with van der Waals surface area (Å²) in [4.78, 5) is 18.0.